The van der Waals surface area contributed by atoms with Gasteiger partial charge < -0.3 is 18.8 Å². The standard InChI is InChI=1S/C22H22N2O4/c1-26-15-9-10-18(19(13-15)27-2)20-14-23-21(28-20)16-7-3-4-8-17(16)22(25)24-11-5-6-12-24/h3-4,7-10,13-14H,5-6,11-12H2,1-2H3. The molecule has 0 bridgehead atoms. The number of amides is 1. The van der Waals surface area contributed by atoms with Gasteiger partial charge in [0.05, 0.1) is 31.5 Å². The summed E-state index contributed by atoms with van der Waals surface area (Å²) in [5, 5.41) is 0. The molecule has 0 atom stereocenters. The molecule has 2 aromatic carbocycles. The Hall–Kier alpha value is -3.28. The van der Waals surface area contributed by atoms with Crippen LogP contribution in [0.5, 0.6) is 11.5 Å². The Kier molecular flexibility index (Phi) is 5.02. The average molecular weight is 378 g/mol. The molecule has 0 unspecified atom stereocenters. The number of oxazole rings is 1. The van der Waals surface area contributed by atoms with E-state index in [0.29, 0.717) is 34.3 Å². The maximum Gasteiger partial charge on any atom is 0.254 e. The van der Waals surface area contributed by atoms with Gasteiger partial charge in [0.1, 0.15) is 11.5 Å². The van der Waals surface area contributed by atoms with Crippen molar-refractivity contribution >= 4 is 5.91 Å². The SMILES string of the molecule is COc1ccc(-c2cnc(-c3ccccc3C(=O)N3CCCC3)o2)c(OC)c1. The molecule has 2 heterocycles. The number of nitrogens with zero attached hydrogens (tertiary/aromatic N) is 2. The topological polar surface area (TPSA) is 64.8 Å². The summed E-state index contributed by atoms with van der Waals surface area (Å²) in [6.07, 6.45) is 3.75. The van der Waals surface area contributed by atoms with Gasteiger partial charge in [-0.1, -0.05) is 12.1 Å². The highest BCUT2D eigenvalue weighted by atomic mass is 16.5. The number of benzene rings is 2. The van der Waals surface area contributed by atoms with E-state index in [1.165, 1.54) is 0 Å². The largest absolute Gasteiger partial charge is 0.497 e. The maximum absolute atomic E-state index is 12.9. The number of carbonyl (C=O) groups excluding carboxylic acids is 1. The monoisotopic (exact) mass is 378 g/mol. The minimum absolute atomic E-state index is 0.0230. The van der Waals surface area contributed by atoms with Gasteiger partial charge in [-0.15, -0.1) is 0 Å². The van der Waals surface area contributed by atoms with Gasteiger partial charge >= 0.3 is 0 Å². The minimum Gasteiger partial charge on any atom is -0.497 e. The molecule has 6 heteroatoms. The fraction of sp³-hybridized carbons (Fsp3) is 0.273. The molecule has 0 N–H and O–H groups in total. The summed E-state index contributed by atoms with van der Waals surface area (Å²) in [5.41, 5.74) is 2.07. The van der Waals surface area contributed by atoms with Crippen LogP contribution in [-0.4, -0.2) is 43.1 Å². The number of likely N-dealkylation sites (tertiary alicyclic amines) is 1. The summed E-state index contributed by atoms with van der Waals surface area (Å²) < 4.78 is 16.7. The molecule has 3 aromatic rings. The van der Waals surface area contributed by atoms with E-state index in [2.05, 4.69) is 4.98 Å². The number of ether oxygens (including phenoxy) is 2. The lowest BCUT2D eigenvalue weighted by atomic mass is 10.1. The van der Waals surface area contributed by atoms with Crippen molar-refractivity contribution in [2.24, 2.45) is 0 Å². The molecule has 1 aromatic heterocycles. The molecule has 144 valence electrons. The van der Waals surface area contributed by atoms with E-state index in [9.17, 15) is 4.79 Å². The van der Waals surface area contributed by atoms with Crippen LogP contribution in [0.4, 0.5) is 0 Å². The van der Waals surface area contributed by atoms with Crippen molar-refractivity contribution in [2.75, 3.05) is 27.3 Å². The Balaban J connectivity index is 1.70. The van der Waals surface area contributed by atoms with Gasteiger partial charge in [-0.2, -0.15) is 0 Å². The first kappa shape index (κ1) is 18.1. The number of rotatable bonds is 5. The summed E-state index contributed by atoms with van der Waals surface area (Å²) in [7, 11) is 3.20. The fourth-order valence-corrected chi connectivity index (χ4v) is 3.47. The molecule has 4 rings (SSSR count). The number of carbonyl (C=O) groups is 1. The summed E-state index contributed by atoms with van der Waals surface area (Å²) in [6, 6.07) is 12.9. The van der Waals surface area contributed by atoms with Gasteiger partial charge in [0.2, 0.25) is 5.89 Å². The first-order valence-corrected chi connectivity index (χ1v) is 9.28. The zero-order chi connectivity index (χ0) is 19.5. The van der Waals surface area contributed by atoms with Crippen LogP contribution < -0.4 is 9.47 Å². The lowest BCUT2D eigenvalue weighted by Crippen LogP contribution is -2.28. The van der Waals surface area contributed by atoms with Gasteiger partial charge in [0.15, 0.2) is 5.76 Å². The van der Waals surface area contributed by atoms with Gasteiger partial charge in [-0.3, -0.25) is 4.79 Å². The van der Waals surface area contributed by atoms with E-state index in [4.69, 9.17) is 13.9 Å². The Morgan fingerprint density at radius 2 is 1.82 bits per heavy atom. The highest BCUT2D eigenvalue weighted by Gasteiger charge is 2.24. The zero-order valence-corrected chi connectivity index (χ0v) is 16.0. The zero-order valence-electron chi connectivity index (χ0n) is 16.0. The number of hydrogen-bond donors (Lipinski definition) is 0. The van der Waals surface area contributed by atoms with E-state index >= 15 is 0 Å². The van der Waals surface area contributed by atoms with Gasteiger partial charge in [-0.05, 0) is 37.1 Å². The van der Waals surface area contributed by atoms with Crippen molar-refractivity contribution in [3.8, 4) is 34.3 Å². The Morgan fingerprint density at radius 1 is 1.04 bits per heavy atom. The Morgan fingerprint density at radius 3 is 2.57 bits per heavy atom. The molecule has 0 spiro atoms. The second kappa shape index (κ2) is 7.76. The molecule has 28 heavy (non-hydrogen) atoms. The highest BCUT2D eigenvalue weighted by molar-refractivity contribution is 6.00. The van der Waals surface area contributed by atoms with Gasteiger partial charge in [0, 0.05) is 24.7 Å². The summed E-state index contributed by atoms with van der Waals surface area (Å²) in [4.78, 5) is 19.2. The molecule has 1 fully saturated rings. The van der Waals surface area contributed by atoms with Crippen LogP contribution in [0, 0.1) is 0 Å². The quantitative estimate of drug-likeness (QED) is 0.664. The van der Waals surface area contributed by atoms with Crippen LogP contribution in [0.1, 0.15) is 23.2 Å². The van der Waals surface area contributed by atoms with Crippen molar-refractivity contribution in [1.29, 1.82) is 0 Å². The van der Waals surface area contributed by atoms with Gasteiger partial charge in [-0.25, -0.2) is 4.98 Å². The van der Waals surface area contributed by atoms with Crippen LogP contribution in [0.25, 0.3) is 22.8 Å². The third-order valence-corrected chi connectivity index (χ3v) is 4.96. The third-order valence-electron chi connectivity index (χ3n) is 4.96. The van der Waals surface area contributed by atoms with E-state index in [0.717, 1.165) is 31.5 Å². The summed E-state index contributed by atoms with van der Waals surface area (Å²) in [6.45, 7) is 1.60. The van der Waals surface area contributed by atoms with Crippen LogP contribution in [0.15, 0.2) is 53.1 Å². The van der Waals surface area contributed by atoms with Crippen molar-refractivity contribution in [3.05, 3.63) is 54.2 Å². The van der Waals surface area contributed by atoms with Crippen LogP contribution >= 0.6 is 0 Å². The predicted octanol–water partition coefficient (Wildman–Crippen LogP) is 4.26. The summed E-state index contributed by atoms with van der Waals surface area (Å²) in [5.74, 6) is 2.33. The smallest absolute Gasteiger partial charge is 0.254 e. The molecule has 6 nitrogen and oxygen atoms in total. The van der Waals surface area contributed by atoms with Crippen molar-refractivity contribution < 1.29 is 18.7 Å². The van der Waals surface area contributed by atoms with E-state index in [1.807, 2.05) is 41.3 Å². The highest BCUT2D eigenvalue weighted by Crippen LogP contribution is 2.36. The molecule has 0 aliphatic carbocycles. The summed E-state index contributed by atoms with van der Waals surface area (Å²) >= 11 is 0. The molecule has 0 radical (unpaired) electrons. The Labute approximate surface area is 163 Å². The first-order valence-electron chi connectivity index (χ1n) is 9.28. The van der Waals surface area contributed by atoms with E-state index in [-0.39, 0.29) is 5.91 Å². The molecule has 1 aliphatic heterocycles. The second-order valence-corrected chi connectivity index (χ2v) is 6.64. The number of hydrogen-bond acceptors (Lipinski definition) is 5. The number of methoxy groups -OCH3 is 2. The van der Waals surface area contributed by atoms with Crippen molar-refractivity contribution in [3.63, 3.8) is 0 Å². The van der Waals surface area contributed by atoms with Gasteiger partial charge in [0.25, 0.3) is 5.91 Å². The molecular weight excluding hydrogens is 356 g/mol. The molecule has 1 saturated heterocycles. The second-order valence-electron chi connectivity index (χ2n) is 6.64. The fourth-order valence-electron chi connectivity index (χ4n) is 3.47. The lowest BCUT2D eigenvalue weighted by molar-refractivity contribution is 0.0793. The van der Waals surface area contributed by atoms with Crippen LogP contribution in [-0.2, 0) is 0 Å². The third kappa shape index (κ3) is 3.33. The lowest BCUT2D eigenvalue weighted by Gasteiger charge is -2.16. The van der Waals surface area contributed by atoms with E-state index < -0.39 is 0 Å². The average Bonchev–Trinajstić information content (AvgIpc) is 3.45. The van der Waals surface area contributed by atoms with Crippen LogP contribution in [0.3, 0.4) is 0 Å². The van der Waals surface area contributed by atoms with Crippen molar-refractivity contribution in [2.45, 2.75) is 12.8 Å². The predicted molar refractivity (Wildman–Crippen MR) is 106 cm³/mol. The maximum atomic E-state index is 12.9. The number of aromatic nitrogens is 1. The molecule has 1 aliphatic rings. The Bertz CT molecular complexity index is 990. The minimum atomic E-state index is 0.0230. The van der Waals surface area contributed by atoms with Crippen molar-refractivity contribution in [1.82, 2.24) is 9.88 Å². The normalized spacial score (nSPS) is 13.6. The van der Waals surface area contributed by atoms with Crippen LogP contribution in [0.2, 0.25) is 0 Å². The molecule has 0 saturated carbocycles. The molecule has 1 amide bonds. The van der Waals surface area contributed by atoms with E-state index in [1.54, 1.807) is 26.5 Å². The first-order chi connectivity index (χ1) is 13.7. The molecular formula is C22H22N2O4.